The summed E-state index contributed by atoms with van der Waals surface area (Å²) in [7, 11) is 0. The van der Waals surface area contributed by atoms with Crippen LogP contribution in [0.3, 0.4) is 0 Å². The third-order valence-electron chi connectivity index (χ3n) is 3.39. The second-order valence-electron chi connectivity index (χ2n) is 5.55. The number of carbonyl (C=O) groups is 2. The molecule has 1 heterocycles. The maximum atomic E-state index is 13.5. The van der Waals surface area contributed by atoms with Gasteiger partial charge >= 0.3 is 0 Å². The molecule has 0 aliphatic carbocycles. The fourth-order valence-electron chi connectivity index (χ4n) is 2.25. The molecule has 0 aromatic heterocycles. The van der Waals surface area contributed by atoms with E-state index in [1.165, 1.54) is 0 Å². The Balaban J connectivity index is 2.20. The topological polar surface area (TPSA) is 57.6 Å². The fraction of sp³-hybridized carbons (Fsp3) is 0.429. The van der Waals surface area contributed by atoms with E-state index in [0.29, 0.717) is 0 Å². The summed E-state index contributed by atoms with van der Waals surface area (Å²) in [5, 5.41) is 9.94. The summed E-state index contributed by atoms with van der Waals surface area (Å²) < 4.78 is 26.6. The molecule has 0 saturated carbocycles. The number of hydrogen-bond donors (Lipinski definition) is 1. The van der Waals surface area contributed by atoms with Gasteiger partial charge in [0.15, 0.2) is 0 Å². The second-order valence-corrected chi connectivity index (χ2v) is 5.55. The van der Waals surface area contributed by atoms with Crippen molar-refractivity contribution in [3.05, 3.63) is 35.4 Å². The molecule has 6 heteroatoms. The third-order valence-corrected chi connectivity index (χ3v) is 3.39. The van der Waals surface area contributed by atoms with Gasteiger partial charge in [0, 0.05) is 12.0 Å². The fourth-order valence-corrected chi connectivity index (χ4v) is 2.25. The molecule has 1 fully saturated rings. The average Bonchev–Trinajstić information content (AvgIpc) is 2.54. The molecule has 2 amide bonds. The average molecular weight is 283 g/mol. The van der Waals surface area contributed by atoms with Gasteiger partial charge in [-0.25, -0.2) is 8.78 Å². The van der Waals surface area contributed by atoms with Gasteiger partial charge in [0.05, 0.1) is 18.1 Å². The summed E-state index contributed by atoms with van der Waals surface area (Å²) >= 11 is 0. The van der Waals surface area contributed by atoms with Crippen LogP contribution in [0.2, 0.25) is 0 Å². The van der Waals surface area contributed by atoms with E-state index in [9.17, 15) is 23.5 Å². The molecule has 0 spiro atoms. The first-order valence-corrected chi connectivity index (χ1v) is 6.20. The van der Waals surface area contributed by atoms with E-state index >= 15 is 0 Å². The Labute approximate surface area is 115 Å². The summed E-state index contributed by atoms with van der Waals surface area (Å²) in [5.41, 5.74) is -1.09. The van der Waals surface area contributed by atoms with Crippen molar-refractivity contribution in [1.29, 1.82) is 0 Å². The smallest absolute Gasteiger partial charge is 0.235 e. The highest BCUT2D eigenvalue weighted by atomic mass is 19.1. The van der Waals surface area contributed by atoms with Crippen molar-refractivity contribution in [3.63, 3.8) is 0 Å². The van der Waals surface area contributed by atoms with Crippen LogP contribution in [0, 0.1) is 17.0 Å². The van der Waals surface area contributed by atoms with Gasteiger partial charge in [0.25, 0.3) is 0 Å². The molecule has 1 N–H and O–H groups in total. The number of rotatable bonds is 3. The van der Waals surface area contributed by atoms with Crippen LogP contribution in [-0.4, -0.2) is 28.4 Å². The van der Waals surface area contributed by atoms with E-state index in [4.69, 9.17) is 0 Å². The third kappa shape index (κ3) is 2.56. The van der Waals surface area contributed by atoms with Crippen LogP contribution in [0.25, 0.3) is 0 Å². The van der Waals surface area contributed by atoms with Gasteiger partial charge in [-0.3, -0.25) is 14.5 Å². The highest BCUT2D eigenvalue weighted by molar-refractivity contribution is 6.05. The minimum absolute atomic E-state index is 0.0458. The zero-order valence-corrected chi connectivity index (χ0v) is 11.2. The van der Waals surface area contributed by atoms with Crippen molar-refractivity contribution >= 4 is 11.8 Å². The lowest BCUT2D eigenvalue weighted by Crippen LogP contribution is -2.36. The summed E-state index contributed by atoms with van der Waals surface area (Å²) in [6, 6.07) is 2.68. The Bertz CT molecular complexity index is 572. The molecule has 1 aliphatic rings. The van der Waals surface area contributed by atoms with Crippen LogP contribution in [-0.2, 0) is 9.59 Å². The van der Waals surface area contributed by atoms with Gasteiger partial charge < -0.3 is 5.11 Å². The van der Waals surface area contributed by atoms with E-state index in [1.807, 2.05) is 0 Å². The molecular weight excluding hydrogens is 268 g/mol. The van der Waals surface area contributed by atoms with Crippen LogP contribution < -0.4 is 0 Å². The molecule has 0 bridgehead atoms. The minimum Gasteiger partial charge on any atom is -0.386 e. The van der Waals surface area contributed by atoms with Gasteiger partial charge in [-0.2, -0.15) is 0 Å². The normalized spacial score (nSPS) is 19.6. The Hall–Kier alpha value is -1.82. The molecule has 1 aliphatic heterocycles. The van der Waals surface area contributed by atoms with Crippen LogP contribution in [0.15, 0.2) is 18.2 Å². The van der Waals surface area contributed by atoms with Gasteiger partial charge in [-0.15, -0.1) is 0 Å². The lowest BCUT2D eigenvalue weighted by atomic mass is 9.92. The Kier molecular flexibility index (Phi) is 3.60. The molecule has 2 rings (SSSR count). The van der Waals surface area contributed by atoms with Gasteiger partial charge in [-0.05, 0) is 18.2 Å². The molecule has 1 unspecified atom stereocenters. The van der Waals surface area contributed by atoms with E-state index < -0.39 is 35.0 Å². The molecule has 0 radical (unpaired) electrons. The largest absolute Gasteiger partial charge is 0.386 e. The minimum atomic E-state index is -1.45. The Morgan fingerprint density at radius 3 is 2.55 bits per heavy atom. The summed E-state index contributed by atoms with van der Waals surface area (Å²) in [5.74, 6) is -2.31. The van der Waals surface area contributed by atoms with E-state index in [-0.39, 0.29) is 18.5 Å². The highest BCUT2D eigenvalue weighted by Gasteiger charge is 2.45. The first-order valence-electron chi connectivity index (χ1n) is 6.20. The number of aliphatic hydroxyl groups is 1. The lowest BCUT2D eigenvalue weighted by molar-refractivity contribution is -0.142. The zero-order chi connectivity index (χ0) is 15.1. The Morgan fingerprint density at radius 2 is 2.00 bits per heavy atom. The number of benzene rings is 1. The number of imide groups is 1. The number of aliphatic hydroxyl groups excluding tert-OH is 1. The van der Waals surface area contributed by atoms with E-state index in [0.717, 1.165) is 23.1 Å². The molecule has 4 nitrogen and oxygen atoms in total. The number of β-amino-alcohol motifs (C(OH)–C–C–N with tert-alkyl or cyclic N) is 1. The van der Waals surface area contributed by atoms with Gasteiger partial charge in [-0.1, -0.05) is 13.8 Å². The van der Waals surface area contributed by atoms with E-state index in [1.54, 1.807) is 13.8 Å². The van der Waals surface area contributed by atoms with Gasteiger partial charge in [0.1, 0.15) is 11.6 Å². The number of halogens is 2. The number of hydrogen-bond acceptors (Lipinski definition) is 3. The van der Waals surface area contributed by atoms with Crippen molar-refractivity contribution in [1.82, 2.24) is 4.90 Å². The predicted molar refractivity (Wildman–Crippen MR) is 66.4 cm³/mol. The van der Waals surface area contributed by atoms with Crippen LogP contribution in [0.4, 0.5) is 8.78 Å². The lowest BCUT2D eigenvalue weighted by Gasteiger charge is -2.21. The van der Waals surface area contributed by atoms with Crippen molar-refractivity contribution in [2.45, 2.75) is 26.4 Å². The van der Waals surface area contributed by atoms with Crippen LogP contribution in [0.5, 0.6) is 0 Å². The van der Waals surface area contributed by atoms with Crippen molar-refractivity contribution < 1.29 is 23.5 Å². The van der Waals surface area contributed by atoms with Crippen molar-refractivity contribution in [2.24, 2.45) is 5.41 Å². The maximum Gasteiger partial charge on any atom is 0.235 e. The Morgan fingerprint density at radius 1 is 1.35 bits per heavy atom. The maximum absolute atomic E-state index is 13.5. The first kappa shape index (κ1) is 14.6. The summed E-state index contributed by atoms with van der Waals surface area (Å²) in [4.78, 5) is 24.6. The van der Waals surface area contributed by atoms with Crippen molar-refractivity contribution in [2.75, 3.05) is 6.54 Å². The number of nitrogens with zero attached hydrogens (tertiary/aromatic N) is 1. The molecule has 108 valence electrons. The van der Waals surface area contributed by atoms with E-state index in [2.05, 4.69) is 0 Å². The van der Waals surface area contributed by atoms with Gasteiger partial charge in [0.2, 0.25) is 11.8 Å². The summed E-state index contributed by atoms with van der Waals surface area (Å²) in [6.45, 7) is 2.88. The molecule has 1 aromatic rings. The molecule has 1 atom stereocenters. The second kappa shape index (κ2) is 4.94. The molecule has 1 saturated heterocycles. The summed E-state index contributed by atoms with van der Waals surface area (Å²) in [6.07, 6.45) is -1.41. The monoisotopic (exact) mass is 283 g/mol. The highest BCUT2D eigenvalue weighted by Crippen LogP contribution is 2.33. The molecular formula is C14H15F2NO3. The van der Waals surface area contributed by atoms with Crippen LogP contribution >= 0.6 is 0 Å². The standard InChI is InChI=1S/C14H15F2NO3/c1-14(2)6-12(19)17(13(14)20)7-11(18)9-5-8(15)3-4-10(9)16/h3-5,11,18H,6-7H2,1-2H3. The SMILES string of the molecule is CC1(C)CC(=O)N(CC(O)c2cc(F)ccc2F)C1=O. The molecule has 20 heavy (non-hydrogen) atoms. The van der Waals surface area contributed by atoms with Crippen molar-refractivity contribution in [3.8, 4) is 0 Å². The number of likely N-dealkylation sites (tertiary alicyclic amines) is 1. The zero-order valence-electron chi connectivity index (χ0n) is 11.2. The number of carbonyl (C=O) groups excluding carboxylic acids is 2. The number of amides is 2. The molecule has 1 aromatic carbocycles. The quantitative estimate of drug-likeness (QED) is 0.860. The van der Waals surface area contributed by atoms with Crippen LogP contribution in [0.1, 0.15) is 31.9 Å². The predicted octanol–water partition coefficient (Wildman–Crippen LogP) is 1.78. The first-order chi connectivity index (χ1) is 9.22.